The minimum atomic E-state index is -3.42. The standard InChI is InChI=1S/C13H22N2O2S2/c1-6-15(9-10(2)3)19(16,17)13-7-12(8-14-5)18-11(13)4/h7,14H,2,6,8-9H2,1,3-5H3. The van der Waals surface area contributed by atoms with Crippen molar-refractivity contribution in [3.05, 3.63) is 28.0 Å². The maximum atomic E-state index is 12.6. The van der Waals surface area contributed by atoms with Crippen LogP contribution in [0.4, 0.5) is 0 Å². The number of rotatable bonds is 7. The van der Waals surface area contributed by atoms with Gasteiger partial charge in [0.1, 0.15) is 0 Å². The second-order valence-corrected chi connectivity index (χ2v) is 7.80. The number of hydrogen-bond donors (Lipinski definition) is 1. The maximum absolute atomic E-state index is 12.6. The molecule has 0 aliphatic carbocycles. The molecule has 0 bridgehead atoms. The van der Waals surface area contributed by atoms with E-state index in [2.05, 4.69) is 11.9 Å². The Morgan fingerprint density at radius 1 is 1.53 bits per heavy atom. The first kappa shape index (κ1) is 16.4. The van der Waals surface area contributed by atoms with Crippen molar-refractivity contribution in [1.82, 2.24) is 9.62 Å². The minimum Gasteiger partial charge on any atom is -0.315 e. The van der Waals surface area contributed by atoms with Crippen molar-refractivity contribution in [2.24, 2.45) is 0 Å². The summed E-state index contributed by atoms with van der Waals surface area (Å²) in [6, 6.07) is 1.77. The van der Waals surface area contributed by atoms with Crippen molar-refractivity contribution in [1.29, 1.82) is 0 Å². The molecule has 0 saturated carbocycles. The van der Waals surface area contributed by atoms with E-state index in [9.17, 15) is 8.42 Å². The third-order valence-corrected chi connectivity index (χ3v) is 5.92. The molecule has 1 N–H and O–H groups in total. The molecule has 0 spiro atoms. The smallest absolute Gasteiger partial charge is 0.244 e. The van der Waals surface area contributed by atoms with E-state index >= 15 is 0 Å². The van der Waals surface area contributed by atoms with Crippen LogP contribution in [0.25, 0.3) is 0 Å². The van der Waals surface area contributed by atoms with Crippen LogP contribution in [-0.2, 0) is 16.6 Å². The Hall–Kier alpha value is -0.690. The average Bonchev–Trinajstić information content (AvgIpc) is 2.68. The van der Waals surface area contributed by atoms with Gasteiger partial charge in [0.05, 0.1) is 4.90 Å². The van der Waals surface area contributed by atoms with Crippen LogP contribution in [0, 0.1) is 6.92 Å². The first-order chi connectivity index (χ1) is 8.82. The van der Waals surface area contributed by atoms with E-state index in [-0.39, 0.29) is 0 Å². The normalized spacial score (nSPS) is 12.1. The monoisotopic (exact) mass is 302 g/mol. The number of hydrogen-bond acceptors (Lipinski definition) is 4. The van der Waals surface area contributed by atoms with E-state index in [1.165, 1.54) is 15.6 Å². The van der Waals surface area contributed by atoms with Crippen molar-refractivity contribution in [3.63, 3.8) is 0 Å². The summed E-state index contributed by atoms with van der Waals surface area (Å²) >= 11 is 1.52. The first-order valence-electron chi connectivity index (χ1n) is 6.21. The quantitative estimate of drug-likeness (QED) is 0.787. The molecule has 0 radical (unpaired) electrons. The summed E-state index contributed by atoms with van der Waals surface area (Å²) in [6.07, 6.45) is 0. The number of likely N-dealkylation sites (N-methyl/N-ethyl adjacent to an activating group) is 1. The maximum Gasteiger partial charge on any atom is 0.244 e. The van der Waals surface area contributed by atoms with Crippen LogP contribution in [0.15, 0.2) is 23.1 Å². The Morgan fingerprint density at radius 3 is 2.63 bits per heavy atom. The van der Waals surface area contributed by atoms with Gasteiger partial charge in [-0.2, -0.15) is 4.31 Å². The van der Waals surface area contributed by atoms with Crippen LogP contribution in [0.3, 0.4) is 0 Å². The van der Waals surface area contributed by atoms with Crippen LogP contribution in [0.5, 0.6) is 0 Å². The summed E-state index contributed by atoms with van der Waals surface area (Å²) in [4.78, 5) is 2.29. The molecule has 0 aliphatic heterocycles. The van der Waals surface area contributed by atoms with Crippen LogP contribution in [0.1, 0.15) is 23.6 Å². The van der Waals surface area contributed by atoms with Crippen LogP contribution >= 0.6 is 11.3 Å². The lowest BCUT2D eigenvalue weighted by Gasteiger charge is -2.20. The Bertz CT molecular complexity index is 547. The van der Waals surface area contributed by atoms with E-state index < -0.39 is 10.0 Å². The van der Waals surface area contributed by atoms with Gasteiger partial charge in [-0.3, -0.25) is 0 Å². The second kappa shape index (κ2) is 6.65. The van der Waals surface area contributed by atoms with E-state index in [1.807, 2.05) is 27.8 Å². The van der Waals surface area contributed by atoms with Crippen LogP contribution < -0.4 is 5.32 Å². The molecule has 19 heavy (non-hydrogen) atoms. The zero-order chi connectivity index (χ0) is 14.6. The van der Waals surface area contributed by atoms with Gasteiger partial charge in [0.15, 0.2) is 0 Å². The van der Waals surface area contributed by atoms with Gasteiger partial charge in [0.2, 0.25) is 10.0 Å². The molecule has 0 aromatic carbocycles. The summed E-state index contributed by atoms with van der Waals surface area (Å²) < 4.78 is 26.7. The number of nitrogens with one attached hydrogen (secondary N) is 1. The molecule has 0 saturated heterocycles. The van der Waals surface area contributed by atoms with Gasteiger partial charge in [-0.05, 0) is 27.0 Å². The lowest BCUT2D eigenvalue weighted by Crippen LogP contribution is -2.32. The van der Waals surface area contributed by atoms with E-state index in [4.69, 9.17) is 0 Å². The summed E-state index contributed by atoms with van der Waals surface area (Å²) in [5, 5.41) is 3.04. The van der Waals surface area contributed by atoms with Gasteiger partial charge in [-0.25, -0.2) is 8.42 Å². The van der Waals surface area contributed by atoms with Crippen molar-refractivity contribution < 1.29 is 8.42 Å². The largest absolute Gasteiger partial charge is 0.315 e. The summed E-state index contributed by atoms with van der Waals surface area (Å²) in [5.41, 5.74) is 0.841. The number of sulfonamides is 1. The van der Waals surface area contributed by atoms with Crippen molar-refractivity contribution in [2.45, 2.75) is 32.2 Å². The number of thiophene rings is 1. The summed E-state index contributed by atoms with van der Waals surface area (Å²) in [6.45, 7) is 10.8. The zero-order valence-electron chi connectivity index (χ0n) is 12.0. The highest BCUT2D eigenvalue weighted by atomic mass is 32.2. The molecule has 0 fully saturated rings. The van der Waals surface area contributed by atoms with Gasteiger partial charge in [-0.1, -0.05) is 19.1 Å². The fraction of sp³-hybridized carbons (Fsp3) is 0.538. The zero-order valence-corrected chi connectivity index (χ0v) is 13.6. The van der Waals surface area contributed by atoms with Gasteiger partial charge in [0.25, 0.3) is 0 Å². The predicted molar refractivity (Wildman–Crippen MR) is 81.1 cm³/mol. The SMILES string of the molecule is C=C(C)CN(CC)S(=O)(=O)c1cc(CNC)sc1C. The second-order valence-electron chi connectivity index (χ2n) is 4.55. The fourth-order valence-electron chi connectivity index (χ4n) is 1.85. The van der Waals surface area contributed by atoms with Crippen molar-refractivity contribution >= 4 is 21.4 Å². The Kier molecular flexibility index (Phi) is 5.73. The van der Waals surface area contributed by atoms with Crippen LogP contribution in [-0.4, -0.2) is 32.9 Å². The highest BCUT2D eigenvalue weighted by molar-refractivity contribution is 7.89. The molecule has 0 aliphatic rings. The molecule has 6 heteroatoms. The lowest BCUT2D eigenvalue weighted by atomic mass is 10.3. The number of nitrogens with zero attached hydrogens (tertiary/aromatic N) is 1. The predicted octanol–water partition coefficient (Wildman–Crippen LogP) is 2.36. The van der Waals surface area contributed by atoms with E-state index in [1.54, 1.807) is 6.07 Å². The summed E-state index contributed by atoms with van der Waals surface area (Å²) in [5.74, 6) is 0. The third kappa shape index (κ3) is 3.89. The van der Waals surface area contributed by atoms with E-state index in [0.717, 1.165) is 15.3 Å². The molecule has 0 amide bonds. The Balaban J connectivity index is 3.14. The molecule has 1 rings (SSSR count). The molecule has 0 unspecified atom stereocenters. The lowest BCUT2D eigenvalue weighted by molar-refractivity contribution is 0.452. The van der Waals surface area contributed by atoms with Gasteiger partial charge < -0.3 is 5.32 Å². The molecule has 0 atom stereocenters. The van der Waals surface area contributed by atoms with Gasteiger partial charge in [0, 0.05) is 29.4 Å². The average molecular weight is 302 g/mol. The molecule has 1 heterocycles. The molecule has 108 valence electrons. The first-order valence-corrected chi connectivity index (χ1v) is 8.47. The molecular formula is C13H22N2O2S2. The number of aryl methyl sites for hydroxylation is 1. The minimum absolute atomic E-state index is 0.371. The molecular weight excluding hydrogens is 280 g/mol. The van der Waals surface area contributed by atoms with Crippen molar-refractivity contribution in [3.8, 4) is 0 Å². The Morgan fingerprint density at radius 2 is 2.16 bits per heavy atom. The van der Waals surface area contributed by atoms with Crippen molar-refractivity contribution in [2.75, 3.05) is 20.1 Å². The topological polar surface area (TPSA) is 49.4 Å². The fourth-order valence-corrected chi connectivity index (χ4v) is 4.97. The third-order valence-electron chi connectivity index (χ3n) is 2.69. The Labute approximate surface area is 120 Å². The highest BCUT2D eigenvalue weighted by Gasteiger charge is 2.26. The van der Waals surface area contributed by atoms with Gasteiger partial charge >= 0.3 is 0 Å². The molecule has 4 nitrogen and oxygen atoms in total. The highest BCUT2D eigenvalue weighted by Crippen LogP contribution is 2.28. The van der Waals surface area contributed by atoms with Gasteiger partial charge in [-0.15, -0.1) is 11.3 Å². The molecule has 1 aromatic rings. The summed E-state index contributed by atoms with van der Waals surface area (Å²) in [7, 11) is -1.57. The van der Waals surface area contributed by atoms with Crippen LogP contribution in [0.2, 0.25) is 0 Å². The van der Waals surface area contributed by atoms with E-state index in [0.29, 0.717) is 24.5 Å². The molecule has 1 aromatic heterocycles.